The predicted molar refractivity (Wildman–Crippen MR) is 122 cm³/mol. The molecular weight excluding hydrogens is 430 g/mol. The second-order valence-electron chi connectivity index (χ2n) is 7.44. The van der Waals surface area contributed by atoms with Crippen LogP contribution in [-0.2, 0) is 4.74 Å². The lowest BCUT2D eigenvalue weighted by molar-refractivity contribution is 0.0162. The molecule has 2 aromatic carbocycles. The summed E-state index contributed by atoms with van der Waals surface area (Å²) < 4.78 is 10.6. The van der Waals surface area contributed by atoms with Crippen LogP contribution in [0.1, 0.15) is 32.5 Å². The van der Waals surface area contributed by atoms with E-state index in [1.54, 1.807) is 36.4 Å². The number of benzene rings is 2. The Hall–Kier alpha value is -3.13. The predicted octanol–water partition coefficient (Wildman–Crippen LogP) is 3.99. The topological polar surface area (TPSA) is 83.8 Å². The average Bonchev–Trinajstić information content (AvgIpc) is 3.36. The highest BCUT2D eigenvalue weighted by molar-refractivity contribution is 6.30. The molecule has 1 aromatic heterocycles. The van der Waals surface area contributed by atoms with Crippen molar-refractivity contribution in [2.24, 2.45) is 0 Å². The SMILES string of the molecule is O=C(NCC(c1ccc(Cl)cc1)N1CCOCC1)c1cccc(NC(=O)c2ccco2)c1. The molecule has 2 heterocycles. The first-order valence-corrected chi connectivity index (χ1v) is 10.8. The third-order valence-corrected chi connectivity index (χ3v) is 5.58. The summed E-state index contributed by atoms with van der Waals surface area (Å²) in [6.45, 7) is 3.34. The van der Waals surface area contributed by atoms with Crippen LogP contribution in [0.5, 0.6) is 0 Å². The van der Waals surface area contributed by atoms with Crippen LogP contribution in [0, 0.1) is 0 Å². The van der Waals surface area contributed by atoms with Crippen LogP contribution in [0.25, 0.3) is 0 Å². The molecule has 166 valence electrons. The highest BCUT2D eigenvalue weighted by atomic mass is 35.5. The molecule has 2 N–H and O–H groups in total. The highest BCUT2D eigenvalue weighted by Gasteiger charge is 2.23. The van der Waals surface area contributed by atoms with E-state index < -0.39 is 0 Å². The van der Waals surface area contributed by atoms with Crippen molar-refractivity contribution in [1.29, 1.82) is 0 Å². The number of nitrogens with one attached hydrogen (secondary N) is 2. The molecule has 1 aliphatic rings. The number of rotatable bonds is 7. The first-order valence-electron chi connectivity index (χ1n) is 10.4. The molecule has 2 amide bonds. The van der Waals surface area contributed by atoms with Crippen molar-refractivity contribution in [1.82, 2.24) is 10.2 Å². The van der Waals surface area contributed by atoms with Crippen molar-refractivity contribution in [3.63, 3.8) is 0 Å². The van der Waals surface area contributed by atoms with E-state index in [0.717, 1.165) is 18.7 Å². The van der Waals surface area contributed by atoms with E-state index in [2.05, 4.69) is 15.5 Å². The number of hydrogen-bond acceptors (Lipinski definition) is 5. The van der Waals surface area contributed by atoms with Gasteiger partial charge in [-0.25, -0.2) is 0 Å². The zero-order valence-corrected chi connectivity index (χ0v) is 18.2. The lowest BCUT2D eigenvalue weighted by Gasteiger charge is -2.35. The smallest absolute Gasteiger partial charge is 0.291 e. The summed E-state index contributed by atoms with van der Waals surface area (Å²) >= 11 is 6.05. The fraction of sp³-hybridized carbons (Fsp3) is 0.250. The maximum Gasteiger partial charge on any atom is 0.291 e. The summed E-state index contributed by atoms with van der Waals surface area (Å²) in [4.78, 5) is 27.4. The molecule has 1 saturated heterocycles. The van der Waals surface area contributed by atoms with Crippen LogP contribution < -0.4 is 10.6 Å². The van der Waals surface area contributed by atoms with Gasteiger partial charge in [-0.05, 0) is 48.0 Å². The quantitative estimate of drug-likeness (QED) is 0.565. The zero-order chi connectivity index (χ0) is 22.3. The summed E-state index contributed by atoms with van der Waals surface area (Å²) in [6, 6.07) is 17.7. The molecule has 0 spiro atoms. The zero-order valence-electron chi connectivity index (χ0n) is 17.4. The van der Waals surface area contributed by atoms with Crippen molar-refractivity contribution < 1.29 is 18.7 Å². The molecule has 1 fully saturated rings. The summed E-state index contributed by atoms with van der Waals surface area (Å²) in [5.74, 6) is -0.384. The summed E-state index contributed by atoms with van der Waals surface area (Å²) in [5, 5.41) is 6.44. The van der Waals surface area contributed by atoms with Crippen molar-refractivity contribution in [3.05, 3.63) is 88.8 Å². The first kappa shape index (κ1) is 22.1. The van der Waals surface area contributed by atoms with Crippen molar-refractivity contribution >= 4 is 29.1 Å². The third-order valence-electron chi connectivity index (χ3n) is 5.32. The lowest BCUT2D eigenvalue weighted by atomic mass is 10.0. The Morgan fingerprint density at radius 3 is 2.50 bits per heavy atom. The van der Waals surface area contributed by atoms with E-state index in [-0.39, 0.29) is 23.6 Å². The van der Waals surface area contributed by atoms with Gasteiger partial charge in [0.1, 0.15) is 0 Å². The molecule has 1 unspecified atom stereocenters. The summed E-state index contributed by atoms with van der Waals surface area (Å²) in [5.41, 5.74) is 2.05. The van der Waals surface area contributed by atoms with Gasteiger partial charge in [0.15, 0.2) is 5.76 Å². The number of hydrogen-bond donors (Lipinski definition) is 2. The highest BCUT2D eigenvalue weighted by Crippen LogP contribution is 2.23. The third kappa shape index (κ3) is 5.56. The second-order valence-corrected chi connectivity index (χ2v) is 7.87. The Kier molecular flexibility index (Phi) is 7.21. The van der Waals surface area contributed by atoms with Gasteiger partial charge in [-0.15, -0.1) is 0 Å². The van der Waals surface area contributed by atoms with E-state index in [0.29, 0.717) is 36.0 Å². The number of furan rings is 1. The normalized spacial score (nSPS) is 15.2. The Balaban J connectivity index is 1.43. The summed E-state index contributed by atoms with van der Waals surface area (Å²) in [7, 11) is 0. The Bertz CT molecular complexity index is 1050. The fourth-order valence-electron chi connectivity index (χ4n) is 3.66. The number of anilines is 1. The first-order chi connectivity index (χ1) is 15.6. The number of morpholine rings is 1. The Morgan fingerprint density at radius 1 is 1.00 bits per heavy atom. The van der Waals surface area contributed by atoms with Gasteiger partial charge in [0, 0.05) is 35.9 Å². The van der Waals surface area contributed by atoms with Crippen LogP contribution in [0.4, 0.5) is 5.69 Å². The van der Waals surface area contributed by atoms with Gasteiger partial charge in [0.2, 0.25) is 0 Å². The van der Waals surface area contributed by atoms with Gasteiger partial charge in [-0.2, -0.15) is 0 Å². The maximum absolute atomic E-state index is 12.9. The fourth-order valence-corrected chi connectivity index (χ4v) is 3.79. The van der Waals surface area contributed by atoms with E-state index in [1.165, 1.54) is 6.26 Å². The minimum absolute atomic E-state index is 0.00181. The lowest BCUT2D eigenvalue weighted by Crippen LogP contribution is -2.43. The monoisotopic (exact) mass is 453 g/mol. The number of carbonyl (C=O) groups is 2. The molecule has 3 aromatic rings. The molecule has 8 heteroatoms. The molecule has 0 bridgehead atoms. The van der Waals surface area contributed by atoms with Crippen molar-refractivity contribution in [2.75, 3.05) is 38.2 Å². The van der Waals surface area contributed by atoms with Crippen LogP contribution in [0.15, 0.2) is 71.3 Å². The largest absolute Gasteiger partial charge is 0.459 e. The average molecular weight is 454 g/mol. The van der Waals surface area contributed by atoms with Gasteiger partial charge in [0.05, 0.1) is 25.5 Å². The van der Waals surface area contributed by atoms with E-state index in [1.807, 2.05) is 24.3 Å². The summed E-state index contributed by atoms with van der Waals surface area (Å²) in [6.07, 6.45) is 1.43. The molecular formula is C24H24ClN3O4. The van der Waals surface area contributed by atoms with E-state index >= 15 is 0 Å². The number of carbonyl (C=O) groups excluding carboxylic acids is 2. The molecule has 7 nitrogen and oxygen atoms in total. The van der Waals surface area contributed by atoms with Crippen LogP contribution >= 0.6 is 11.6 Å². The van der Waals surface area contributed by atoms with E-state index in [4.69, 9.17) is 20.8 Å². The molecule has 1 aliphatic heterocycles. The van der Waals surface area contributed by atoms with Crippen LogP contribution in [-0.4, -0.2) is 49.6 Å². The minimum Gasteiger partial charge on any atom is -0.459 e. The molecule has 0 aliphatic carbocycles. The number of nitrogens with zero attached hydrogens (tertiary/aromatic N) is 1. The van der Waals surface area contributed by atoms with E-state index in [9.17, 15) is 9.59 Å². The number of halogens is 1. The van der Waals surface area contributed by atoms with Gasteiger partial charge in [0.25, 0.3) is 11.8 Å². The van der Waals surface area contributed by atoms with Gasteiger partial charge < -0.3 is 19.8 Å². The molecule has 4 rings (SSSR count). The standard InChI is InChI=1S/C24H24ClN3O4/c25-19-8-6-17(7-9-19)21(28-10-13-31-14-11-28)16-26-23(29)18-3-1-4-20(15-18)27-24(30)22-5-2-12-32-22/h1-9,12,15,21H,10-11,13-14,16H2,(H,26,29)(H,27,30). The van der Waals surface area contributed by atoms with Gasteiger partial charge >= 0.3 is 0 Å². The van der Waals surface area contributed by atoms with Gasteiger partial charge in [-0.1, -0.05) is 29.8 Å². The maximum atomic E-state index is 12.9. The van der Waals surface area contributed by atoms with Crippen LogP contribution in [0.3, 0.4) is 0 Å². The van der Waals surface area contributed by atoms with Crippen LogP contribution in [0.2, 0.25) is 5.02 Å². The molecule has 0 saturated carbocycles. The van der Waals surface area contributed by atoms with Crippen molar-refractivity contribution in [3.8, 4) is 0 Å². The molecule has 1 atom stereocenters. The molecule has 0 radical (unpaired) electrons. The Morgan fingerprint density at radius 2 is 1.78 bits per heavy atom. The van der Waals surface area contributed by atoms with Crippen molar-refractivity contribution in [2.45, 2.75) is 6.04 Å². The molecule has 32 heavy (non-hydrogen) atoms. The second kappa shape index (κ2) is 10.5. The van der Waals surface area contributed by atoms with Gasteiger partial charge in [-0.3, -0.25) is 14.5 Å². The minimum atomic E-state index is -0.373. The number of amides is 2. The number of ether oxygens (including phenoxy) is 1. The Labute approximate surface area is 191 Å².